The first-order chi connectivity index (χ1) is 11.0. The summed E-state index contributed by atoms with van der Waals surface area (Å²) in [6.07, 6.45) is 0.881. The molecule has 0 fully saturated rings. The molecule has 1 heterocycles. The third kappa shape index (κ3) is 4.56. The van der Waals surface area contributed by atoms with Crippen LogP contribution in [-0.2, 0) is 18.4 Å². The molecule has 122 valence electrons. The number of benzene rings is 1. The van der Waals surface area contributed by atoms with E-state index in [-0.39, 0.29) is 12.6 Å². The van der Waals surface area contributed by atoms with Crippen LogP contribution in [0.5, 0.6) is 0 Å². The Morgan fingerprint density at radius 2 is 2.09 bits per heavy atom. The fourth-order valence-corrected chi connectivity index (χ4v) is 2.38. The Balaban J connectivity index is 1.80. The van der Waals surface area contributed by atoms with Crippen LogP contribution < -0.4 is 4.72 Å². The summed E-state index contributed by atoms with van der Waals surface area (Å²) in [6, 6.07) is 7.96. The van der Waals surface area contributed by atoms with Crippen LogP contribution in [0.3, 0.4) is 0 Å². The highest BCUT2D eigenvalue weighted by molar-refractivity contribution is 7.98. The number of nitroso groups, excluding NO2 is 1. The van der Waals surface area contributed by atoms with Crippen LogP contribution in [0.4, 0.5) is 10.7 Å². The van der Waals surface area contributed by atoms with Gasteiger partial charge in [0.1, 0.15) is 6.61 Å². The van der Waals surface area contributed by atoms with Crippen LogP contribution in [-0.4, -0.2) is 15.6 Å². The van der Waals surface area contributed by atoms with Gasteiger partial charge in [-0.1, -0.05) is 26.0 Å². The first kappa shape index (κ1) is 17.0. The maximum Gasteiger partial charge on any atom is 0.417 e. The van der Waals surface area contributed by atoms with Gasteiger partial charge in [0.05, 0.1) is 11.9 Å². The molecule has 0 aliphatic carbocycles. The molecule has 1 aromatic heterocycles. The van der Waals surface area contributed by atoms with E-state index in [1.807, 2.05) is 24.3 Å². The summed E-state index contributed by atoms with van der Waals surface area (Å²) in [6.45, 7) is 4.27. The highest BCUT2D eigenvalue weighted by Gasteiger charge is 2.09. The molecule has 0 spiro atoms. The molecule has 0 radical (unpaired) electrons. The summed E-state index contributed by atoms with van der Waals surface area (Å²) in [4.78, 5) is 26.8. The maximum absolute atomic E-state index is 11.7. The van der Waals surface area contributed by atoms with E-state index in [0.717, 1.165) is 4.90 Å². The third-order valence-electron chi connectivity index (χ3n) is 3.29. The van der Waals surface area contributed by atoms with Crippen molar-refractivity contribution in [3.8, 4) is 0 Å². The molecule has 0 aliphatic rings. The molecule has 0 atom stereocenters. The van der Waals surface area contributed by atoms with Crippen LogP contribution in [0, 0.1) is 4.91 Å². The molecule has 2 rings (SSSR count). The Bertz CT molecular complexity index is 683. The minimum Gasteiger partial charge on any atom is -0.442 e. The molecule has 0 unspecified atom stereocenters. The van der Waals surface area contributed by atoms with E-state index < -0.39 is 6.09 Å². The molecule has 1 amide bonds. The molecule has 0 aliphatic heterocycles. The molecule has 0 bridgehead atoms. The highest BCUT2D eigenvalue weighted by atomic mass is 32.2. The van der Waals surface area contributed by atoms with Crippen molar-refractivity contribution in [3.05, 3.63) is 46.6 Å². The minimum atomic E-state index is -0.565. The lowest BCUT2D eigenvalue weighted by molar-refractivity contribution is 0.144. The van der Waals surface area contributed by atoms with Gasteiger partial charge in [-0.3, -0.25) is 4.72 Å². The standard InChI is InChI=1S/C15H18N4O3S/c1-10(2)11-4-6-13(7-5-11)23-18-15(20)22-9-12-8-16-14(17-21)19(12)3/h4-8,10H,9H2,1-3H3,(H,18,20). The Morgan fingerprint density at radius 3 is 2.65 bits per heavy atom. The minimum absolute atomic E-state index is 0.0116. The smallest absolute Gasteiger partial charge is 0.417 e. The van der Waals surface area contributed by atoms with Gasteiger partial charge < -0.3 is 9.30 Å². The van der Waals surface area contributed by atoms with Gasteiger partial charge in [-0.2, -0.15) is 0 Å². The number of amides is 1. The Labute approximate surface area is 138 Å². The monoisotopic (exact) mass is 334 g/mol. The second-order valence-corrected chi connectivity index (χ2v) is 6.08. The van der Waals surface area contributed by atoms with Gasteiger partial charge in [0, 0.05) is 17.1 Å². The summed E-state index contributed by atoms with van der Waals surface area (Å²) in [5.41, 5.74) is 1.83. The molecule has 0 saturated heterocycles. The lowest BCUT2D eigenvalue weighted by atomic mass is 10.0. The number of hydrogen-bond donors (Lipinski definition) is 1. The van der Waals surface area contributed by atoms with Crippen molar-refractivity contribution in [2.75, 3.05) is 0 Å². The van der Waals surface area contributed by atoms with Crippen molar-refractivity contribution in [1.29, 1.82) is 0 Å². The molecule has 1 aromatic carbocycles. The van der Waals surface area contributed by atoms with Gasteiger partial charge in [0.15, 0.2) is 0 Å². The number of imidazole rings is 1. The van der Waals surface area contributed by atoms with E-state index in [9.17, 15) is 9.70 Å². The van der Waals surface area contributed by atoms with Gasteiger partial charge >= 0.3 is 6.09 Å². The SMILES string of the molecule is CC(C)c1ccc(SNC(=O)OCc2cnc(N=O)n2C)cc1. The zero-order chi connectivity index (χ0) is 16.8. The van der Waals surface area contributed by atoms with Gasteiger partial charge in [-0.15, -0.1) is 4.91 Å². The largest absolute Gasteiger partial charge is 0.442 e. The number of ether oxygens (including phenoxy) is 1. The summed E-state index contributed by atoms with van der Waals surface area (Å²) < 4.78 is 9.14. The number of aromatic nitrogens is 2. The average Bonchev–Trinajstić information content (AvgIpc) is 2.91. The molecule has 2 aromatic rings. The van der Waals surface area contributed by atoms with Gasteiger partial charge in [0.2, 0.25) is 0 Å². The second-order valence-electron chi connectivity index (χ2n) is 5.20. The maximum atomic E-state index is 11.7. The number of carbonyl (C=O) groups is 1. The molecule has 0 saturated carbocycles. The van der Waals surface area contributed by atoms with Crippen molar-refractivity contribution in [2.24, 2.45) is 12.2 Å². The normalized spacial score (nSPS) is 10.6. The number of carbonyl (C=O) groups excluding carboxylic acids is 1. The summed E-state index contributed by atoms with van der Waals surface area (Å²) in [7, 11) is 1.63. The summed E-state index contributed by atoms with van der Waals surface area (Å²) >= 11 is 1.18. The molecular weight excluding hydrogens is 316 g/mol. The Morgan fingerprint density at radius 1 is 1.39 bits per heavy atom. The van der Waals surface area contributed by atoms with Crippen LogP contribution in [0.15, 0.2) is 40.5 Å². The highest BCUT2D eigenvalue weighted by Crippen LogP contribution is 2.20. The lowest BCUT2D eigenvalue weighted by Crippen LogP contribution is -2.17. The van der Waals surface area contributed by atoms with Gasteiger partial charge in [-0.05, 0) is 35.6 Å². The number of hydrogen-bond acceptors (Lipinski definition) is 6. The first-order valence-electron chi connectivity index (χ1n) is 7.04. The lowest BCUT2D eigenvalue weighted by Gasteiger charge is -2.08. The quantitative estimate of drug-likeness (QED) is 0.640. The van der Waals surface area contributed by atoms with Crippen molar-refractivity contribution in [2.45, 2.75) is 31.3 Å². The van der Waals surface area contributed by atoms with Crippen LogP contribution in [0.1, 0.15) is 31.0 Å². The molecular formula is C15H18N4O3S. The predicted molar refractivity (Wildman–Crippen MR) is 88.4 cm³/mol. The fraction of sp³-hybridized carbons (Fsp3) is 0.333. The third-order valence-corrected chi connectivity index (χ3v) is 4.07. The van der Waals surface area contributed by atoms with Crippen LogP contribution in [0.2, 0.25) is 0 Å². The summed E-state index contributed by atoms with van der Waals surface area (Å²) in [5.74, 6) is 0.514. The first-order valence-corrected chi connectivity index (χ1v) is 7.86. The van der Waals surface area contributed by atoms with Crippen molar-refractivity contribution >= 4 is 24.0 Å². The predicted octanol–water partition coefficient (Wildman–Crippen LogP) is 3.87. The summed E-state index contributed by atoms with van der Waals surface area (Å²) in [5, 5.41) is 2.75. The number of rotatable bonds is 6. The van der Waals surface area contributed by atoms with Crippen LogP contribution in [0.25, 0.3) is 0 Å². The van der Waals surface area contributed by atoms with E-state index in [2.05, 4.69) is 28.7 Å². The van der Waals surface area contributed by atoms with E-state index >= 15 is 0 Å². The molecule has 7 nitrogen and oxygen atoms in total. The van der Waals surface area contributed by atoms with Crippen molar-refractivity contribution < 1.29 is 9.53 Å². The average molecular weight is 334 g/mol. The van der Waals surface area contributed by atoms with Crippen molar-refractivity contribution in [1.82, 2.24) is 14.3 Å². The van der Waals surface area contributed by atoms with Gasteiger partial charge in [-0.25, -0.2) is 9.78 Å². The molecule has 8 heteroatoms. The number of nitrogens with zero attached hydrogens (tertiary/aromatic N) is 3. The van der Waals surface area contributed by atoms with E-state index in [4.69, 9.17) is 4.74 Å². The second kappa shape index (κ2) is 7.77. The zero-order valence-corrected chi connectivity index (χ0v) is 14.0. The van der Waals surface area contributed by atoms with Crippen molar-refractivity contribution in [3.63, 3.8) is 0 Å². The van der Waals surface area contributed by atoms with Crippen LogP contribution >= 0.6 is 11.9 Å². The Kier molecular flexibility index (Phi) is 5.75. The molecule has 1 N–H and O–H groups in total. The topological polar surface area (TPSA) is 85.6 Å². The van der Waals surface area contributed by atoms with E-state index in [1.165, 1.54) is 28.3 Å². The zero-order valence-electron chi connectivity index (χ0n) is 13.1. The van der Waals surface area contributed by atoms with Gasteiger partial charge in [0.25, 0.3) is 5.95 Å². The number of nitrogens with one attached hydrogen (secondary N) is 1. The van der Waals surface area contributed by atoms with E-state index in [0.29, 0.717) is 11.6 Å². The fourth-order valence-electron chi connectivity index (χ4n) is 1.84. The molecule has 23 heavy (non-hydrogen) atoms. The van der Waals surface area contributed by atoms with E-state index in [1.54, 1.807) is 7.05 Å². The Hall–Kier alpha value is -2.35.